The van der Waals surface area contributed by atoms with Crippen LogP contribution >= 0.6 is 0 Å². The Kier molecular flexibility index (Phi) is 5.42. The number of methoxy groups -OCH3 is 1. The lowest BCUT2D eigenvalue weighted by Crippen LogP contribution is -2.13. The van der Waals surface area contributed by atoms with E-state index in [0.29, 0.717) is 5.69 Å². The number of amides is 1. The molecule has 9 nitrogen and oxygen atoms in total. The Hall–Kier alpha value is -3.75. The zero-order valence-electron chi connectivity index (χ0n) is 16.5. The van der Waals surface area contributed by atoms with Crippen LogP contribution in [0.1, 0.15) is 35.4 Å². The normalized spacial score (nSPS) is 13.2. The van der Waals surface area contributed by atoms with Crippen LogP contribution in [0.2, 0.25) is 0 Å². The standard InChI is InChI=1S/C21H21N5O4/c1-30-18-10-9-16(26(28)29)13-17(18)21(27)22-15-7-5-6-14(12-15)20-24-23-19-8-3-2-4-11-25(19)20/h5-7,9-10,12-13H,2-4,8,11H2,1H3,(H,22,27). The van der Waals surface area contributed by atoms with Crippen molar-refractivity contribution in [2.24, 2.45) is 0 Å². The summed E-state index contributed by atoms with van der Waals surface area (Å²) in [6, 6.07) is 11.2. The molecule has 1 aliphatic heterocycles. The number of nitro groups is 1. The SMILES string of the molecule is COc1ccc([N+](=O)[O-])cc1C(=O)Nc1cccc(-c2nnc3n2CCCCC3)c1. The first-order chi connectivity index (χ1) is 14.6. The molecular formula is C21H21N5O4. The molecule has 0 spiro atoms. The summed E-state index contributed by atoms with van der Waals surface area (Å²) in [6.45, 7) is 0.874. The maximum Gasteiger partial charge on any atom is 0.270 e. The number of hydrogen-bond donors (Lipinski definition) is 1. The highest BCUT2D eigenvalue weighted by molar-refractivity contribution is 6.06. The number of rotatable bonds is 5. The highest BCUT2D eigenvalue weighted by Crippen LogP contribution is 2.27. The third-order valence-corrected chi connectivity index (χ3v) is 5.13. The van der Waals surface area contributed by atoms with Crippen molar-refractivity contribution >= 4 is 17.3 Å². The highest BCUT2D eigenvalue weighted by Gasteiger charge is 2.19. The van der Waals surface area contributed by atoms with Gasteiger partial charge in [0.05, 0.1) is 17.6 Å². The minimum Gasteiger partial charge on any atom is -0.496 e. The van der Waals surface area contributed by atoms with Crippen LogP contribution in [-0.2, 0) is 13.0 Å². The number of aryl methyl sites for hydroxylation is 1. The fraction of sp³-hybridized carbons (Fsp3) is 0.286. The van der Waals surface area contributed by atoms with Crippen molar-refractivity contribution in [2.45, 2.75) is 32.2 Å². The first-order valence-electron chi connectivity index (χ1n) is 9.73. The zero-order valence-corrected chi connectivity index (χ0v) is 16.5. The van der Waals surface area contributed by atoms with Crippen LogP contribution in [0.25, 0.3) is 11.4 Å². The molecule has 0 bridgehead atoms. The number of carbonyl (C=O) groups is 1. The number of aromatic nitrogens is 3. The van der Waals surface area contributed by atoms with Gasteiger partial charge in [-0.05, 0) is 31.0 Å². The van der Waals surface area contributed by atoms with Crippen LogP contribution in [0.4, 0.5) is 11.4 Å². The van der Waals surface area contributed by atoms with E-state index in [4.69, 9.17) is 4.74 Å². The van der Waals surface area contributed by atoms with Crippen LogP contribution in [0, 0.1) is 10.1 Å². The Morgan fingerprint density at radius 3 is 2.83 bits per heavy atom. The molecule has 0 fully saturated rings. The van der Waals surface area contributed by atoms with Gasteiger partial charge in [-0.2, -0.15) is 0 Å². The van der Waals surface area contributed by atoms with Crippen LogP contribution in [-0.4, -0.2) is 32.7 Å². The molecule has 1 aliphatic rings. The molecule has 1 N–H and O–H groups in total. The van der Waals surface area contributed by atoms with Gasteiger partial charge >= 0.3 is 0 Å². The average molecular weight is 407 g/mol. The molecule has 4 rings (SSSR count). The Morgan fingerprint density at radius 1 is 1.17 bits per heavy atom. The largest absolute Gasteiger partial charge is 0.496 e. The second kappa shape index (κ2) is 8.32. The van der Waals surface area contributed by atoms with Crippen molar-refractivity contribution in [3.05, 3.63) is 64.0 Å². The fourth-order valence-corrected chi connectivity index (χ4v) is 3.62. The molecule has 0 unspecified atom stereocenters. The molecule has 3 aromatic rings. The molecule has 0 atom stereocenters. The van der Waals surface area contributed by atoms with Gasteiger partial charge in [0.15, 0.2) is 5.82 Å². The summed E-state index contributed by atoms with van der Waals surface area (Å²) in [5.41, 5.74) is 1.31. The third-order valence-electron chi connectivity index (χ3n) is 5.13. The minimum absolute atomic E-state index is 0.0912. The molecule has 0 radical (unpaired) electrons. The summed E-state index contributed by atoms with van der Waals surface area (Å²) >= 11 is 0. The first-order valence-corrected chi connectivity index (χ1v) is 9.73. The summed E-state index contributed by atoms with van der Waals surface area (Å²) in [5, 5.41) is 22.5. The van der Waals surface area contributed by atoms with Crippen LogP contribution < -0.4 is 10.1 Å². The van der Waals surface area contributed by atoms with E-state index in [0.717, 1.165) is 43.0 Å². The van der Waals surface area contributed by atoms with E-state index in [1.54, 1.807) is 6.07 Å². The van der Waals surface area contributed by atoms with Gasteiger partial charge in [-0.1, -0.05) is 18.6 Å². The van der Waals surface area contributed by atoms with Crippen LogP contribution in [0.3, 0.4) is 0 Å². The zero-order chi connectivity index (χ0) is 21.1. The van der Waals surface area contributed by atoms with E-state index in [1.807, 2.05) is 18.2 Å². The molecule has 2 aromatic carbocycles. The summed E-state index contributed by atoms with van der Waals surface area (Å²) in [5.74, 6) is 1.53. The number of benzene rings is 2. The van der Waals surface area contributed by atoms with E-state index in [1.165, 1.54) is 31.7 Å². The highest BCUT2D eigenvalue weighted by atomic mass is 16.6. The van der Waals surface area contributed by atoms with Gasteiger partial charge in [0, 0.05) is 36.3 Å². The van der Waals surface area contributed by atoms with Crippen LogP contribution in [0.5, 0.6) is 5.75 Å². The molecule has 154 valence electrons. The lowest BCUT2D eigenvalue weighted by molar-refractivity contribution is -0.384. The predicted octanol–water partition coefficient (Wildman–Crippen LogP) is 3.84. The maximum absolute atomic E-state index is 12.8. The second-order valence-electron chi connectivity index (χ2n) is 7.08. The lowest BCUT2D eigenvalue weighted by Gasteiger charge is -2.11. The maximum atomic E-state index is 12.8. The van der Waals surface area contributed by atoms with Gasteiger partial charge in [-0.3, -0.25) is 14.9 Å². The van der Waals surface area contributed by atoms with Gasteiger partial charge in [-0.25, -0.2) is 0 Å². The first kappa shape index (κ1) is 19.6. The van der Waals surface area contributed by atoms with Gasteiger partial charge in [0.1, 0.15) is 11.6 Å². The summed E-state index contributed by atoms with van der Waals surface area (Å²) in [6.07, 6.45) is 4.28. The van der Waals surface area contributed by atoms with Gasteiger partial charge < -0.3 is 14.6 Å². The molecule has 0 saturated heterocycles. The number of hydrogen-bond acceptors (Lipinski definition) is 6. The van der Waals surface area contributed by atoms with Crippen molar-refractivity contribution < 1.29 is 14.5 Å². The molecule has 1 aromatic heterocycles. The van der Waals surface area contributed by atoms with Crippen molar-refractivity contribution in [3.63, 3.8) is 0 Å². The van der Waals surface area contributed by atoms with Crippen LogP contribution in [0.15, 0.2) is 42.5 Å². The number of nitrogens with zero attached hydrogens (tertiary/aromatic N) is 4. The molecular weight excluding hydrogens is 386 g/mol. The van der Waals surface area contributed by atoms with E-state index in [9.17, 15) is 14.9 Å². The summed E-state index contributed by atoms with van der Waals surface area (Å²) in [7, 11) is 1.41. The molecule has 0 aliphatic carbocycles. The lowest BCUT2D eigenvalue weighted by atomic mass is 10.1. The Morgan fingerprint density at radius 2 is 2.03 bits per heavy atom. The molecule has 1 amide bonds. The van der Waals surface area contributed by atoms with E-state index in [2.05, 4.69) is 20.1 Å². The number of nitrogens with one attached hydrogen (secondary N) is 1. The second-order valence-corrected chi connectivity index (χ2v) is 7.08. The monoisotopic (exact) mass is 407 g/mol. The summed E-state index contributed by atoms with van der Waals surface area (Å²) in [4.78, 5) is 23.3. The molecule has 9 heteroatoms. The van der Waals surface area contributed by atoms with Crippen molar-refractivity contribution in [2.75, 3.05) is 12.4 Å². The topological polar surface area (TPSA) is 112 Å². The van der Waals surface area contributed by atoms with Crippen molar-refractivity contribution in [3.8, 4) is 17.1 Å². The van der Waals surface area contributed by atoms with E-state index >= 15 is 0 Å². The number of carbonyl (C=O) groups excluding carboxylic acids is 1. The minimum atomic E-state index is -0.548. The quantitative estimate of drug-likeness (QED) is 0.508. The number of fused-ring (bicyclic) bond motifs is 1. The number of non-ortho nitro benzene ring substituents is 1. The molecule has 30 heavy (non-hydrogen) atoms. The van der Waals surface area contributed by atoms with Crippen molar-refractivity contribution in [1.29, 1.82) is 0 Å². The summed E-state index contributed by atoms with van der Waals surface area (Å²) < 4.78 is 7.33. The predicted molar refractivity (Wildman–Crippen MR) is 111 cm³/mol. The Balaban J connectivity index is 1.62. The number of nitro benzene ring substituents is 1. The van der Waals surface area contributed by atoms with E-state index in [-0.39, 0.29) is 17.0 Å². The fourth-order valence-electron chi connectivity index (χ4n) is 3.62. The number of ether oxygens (including phenoxy) is 1. The molecule has 2 heterocycles. The smallest absolute Gasteiger partial charge is 0.270 e. The van der Waals surface area contributed by atoms with Gasteiger partial charge in [-0.15, -0.1) is 10.2 Å². The van der Waals surface area contributed by atoms with E-state index < -0.39 is 10.8 Å². The molecule has 0 saturated carbocycles. The Bertz CT molecular complexity index is 1110. The number of anilines is 1. The van der Waals surface area contributed by atoms with Gasteiger partial charge in [0.25, 0.3) is 11.6 Å². The van der Waals surface area contributed by atoms with Crippen molar-refractivity contribution in [1.82, 2.24) is 14.8 Å². The Labute approximate surface area is 172 Å². The third kappa shape index (κ3) is 3.86. The van der Waals surface area contributed by atoms with Gasteiger partial charge in [0.2, 0.25) is 0 Å². The average Bonchev–Trinajstić information content (AvgIpc) is 3.01.